The molecule has 3 nitrogen and oxygen atoms in total. The quantitative estimate of drug-likeness (QED) is 0.889. The number of ether oxygens (including phenoxy) is 1. The minimum atomic E-state index is 0.898. The van der Waals surface area contributed by atoms with Gasteiger partial charge in [0.25, 0.3) is 0 Å². The lowest BCUT2D eigenvalue weighted by molar-refractivity contribution is 0.415. The molecule has 20 heavy (non-hydrogen) atoms. The van der Waals surface area contributed by atoms with Crippen molar-refractivity contribution in [1.29, 1.82) is 0 Å². The monoisotopic (exact) mass is 268 g/mol. The van der Waals surface area contributed by atoms with Gasteiger partial charge in [0, 0.05) is 24.8 Å². The summed E-state index contributed by atoms with van der Waals surface area (Å²) >= 11 is 0. The molecule has 0 saturated carbocycles. The van der Waals surface area contributed by atoms with Gasteiger partial charge in [0.05, 0.1) is 18.5 Å². The lowest BCUT2D eigenvalue weighted by Crippen LogP contribution is -2.23. The van der Waals surface area contributed by atoms with Crippen molar-refractivity contribution in [3.63, 3.8) is 0 Å². The summed E-state index contributed by atoms with van der Waals surface area (Å²) in [6.45, 7) is 2.08. The lowest BCUT2D eigenvalue weighted by atomic mass is 10.1. The zero-order chi connectivity index (χ0) is 13.8. The molecule has 2 aromatic carbocycles. The van der Waals surface area contributed by atoms with E-state index in [2.05, 4.69) is 46.6 Å². The predicted octanol–water partition coefficient (Wildman–Crippen LogP) is 4.04. The van der Waals surface area contributed by atoms with Crippen LogP contribution in [0.1, 0.15) is 12.8 Å². The molecule has 2 aromatic rings. The van der Waals surface area contributed by atoms with E-state index in [4.69, 9.17) is 4.74 Å². The molecule has 3 heteroatoms. The van der Waals surface area contributed by atoms with Gasteiger partial charge >= 0.3 is 0 Å². The van der Waals surface area contributed by atoms with Crippen molar-refractivity contribution < 1.29 is 4.74 Å². The Morgan fingerprint density at radius 2 is 1.95 bits per heavy atom. The number of methoxy groups -OCH3 is 1. The number of anilines is 3. The number of nitrogens with one attached hydrogen (secondary N) is 1. The Balaban J connectivity index is 2.03. The standard InChI is InChI=1S/C17H20N2O/c1-20-15-8-6-7-14(13-15)19-12-5-4-11-18-16-9-2-3-10-17(16)19/h2-3,6-10,13,18H,4-5,11-12H2,1H3. The van der Waals surface area contributed by atoms with Gasteiger partial charge in [-0.3, -0.25) is 0 Å². The lowest BCUT2D eigenvalue weighted by Gasteiger charge is -2.29. The van der Waals surface area contributed by atoms with E-state index in [1.807, 2.05) is 12.1 Å². The molecule has 1 heterocycles. The maximum atomic E-state index is 5.35. The van der Waals surface area contributed by atoms with Crippen LogP contribution in [0, 0.1) is 0 Å². The molecule has 0 bridgehead atoms. The molecule has 0 aromatic heterocycles. The number of para-hydroxylation sites is 2. The first-order valence-electron chi connectivity index (χ1n) is 7.13. The van der Waals surface area contributed by atoms with Crippen LogP contribution >= 0.6 is 0 Å². The largest absolute Gasteiger partial charge is 0.497 e. The van der Waals surface area contributed by atoms with Crippen molar-refractivity contribution in [2.45, 2.75) is 12.8 Å². The van der Waals surface area contributed by atoms with Gasteiger partial charge in [-0.05, 0) is 37.1 Å². The van der Waals surface area contributed by atoms with Gasteiger partial charge in [0.1, 0.15) is 5.75 Å². The minimum absolute atomic E-state index is 0.898. The van der Waals surface area contributed by atoms with Crippen molar-refractivity contribution in [3.8, 4) is 5.75 Å². The molecule has 1 aliphatic heterocycles. The predicted molar refractivity (Wildman–Crippen MR) is 84.2 cm³/mol. The molecule has 0 radical (unpaired) electrons. The highest BCUT2D eigenvalue weighted by Crippen LogP contribution is 2.34. The van der Waals surface area contributed by atoms with Crippen molar-refractivity contribution in [2.75, 3.05) is 30.4 Å². The maximum Gasteiger partial charge on any atom is 0.120 e. The van der Waals surface area contributed by atoms with E-state index in [0.717, 1.165) is 18.8 Å². The van der Waals surface area contributed by atoms with Gasteiger partial charge in [-0.1, -0.05) is 18.2 Å². The fourth-order valence-corrected chi connectivity index (χ4v) is 2.64. The van der Waals surface area contributed by atoms with E-state index in [1.54, 1.807) is 7.11 Å². The van der Waals surface area contributed by atoms with Gasteiger partial charge < -0.3 is 15.0 Å². The van der Waals surface area contributed by atoms with Crippen molar-refractivity contribution in [1.82, 2.24) is 0 Å². The molecule has 0 atom stereocenters. The Morgan fingerprint density at radius 3 is 2.85 bits per heavy atom. The van der Waals surface area contributed by atoms with Crippen LogP contribution in [0.15, 0.2) is 48.5 Å². The first-order valence-corrected chi connectivity index (χ1v) is 7.13. The second-order valence-electron chi connectivity index (χ2n) is 5.00. The second kappa shape index (κ2) is 5.87. The average molecular weight is 268 g/mol. The minimum Gasteiger partial charge on any atom is -0.497 e. The Morgan fingerprint density at radius 1 is 1.05 bits per heavy atom. The van der Waals surface area contributed by atoms with Crippen molar-refractivity contribution in [2.24, 2.45) is 0 Å². The molecule has 0 aliphatic carbocycles. The van der Waals surface area contributed by atoms with Crippen LogP contribution in [0.4, 0.5) is 17.1 Å². The highest BCUT2D eigenvalue weighted by atomic mass is 16.5. The van der Waals surface area contributed by atoms with Gasteiger partial charge in [0.15, 0.2) is 0 Å². The smallest absolute Gasteiger partial charge is 0.120 e. The van der Waals surface area contributed by atoms with E-state index < -0.39 is 0 Å². The number of benzene rings is 2. The zero-order valence-electron chi connectivity index (χ0n) is 11.8. The van der Waals surface area contributed by atoms with Crippen LogP contribution in [0.25, 0.3) is 0 Å². The summed E-state index contributed by atoms with van der Waals surface area (Å²) in [5.74, 6) is 0.898. The zero-order valence-corrected chi connectivity index (χ0v) is 11.8. The van der Waals surface area contributed by atoms with Crippen LogP contribution < -0.4 is 15.0 Å². The van der Waals surface area contributed by atoms with E-state index in [-0.39, 0.29) is 0 Å². The van der Waals surface area contributed by atoms with Crippen LogP contribution in [-0.2, 0) is 0 Å². The Labute approximate surface area is 120 Å². The summed E-state index contributed by atoms with van der Waals surface area (Å²) in [6, 6.07) is 16.8. The molecule has 3 rings (SSSR count). The Hall–Kier alpha value is -2.16. The molecular formula is C17H20N2O. The molecule has 1 aliphatic rings. The molecule has 0 saturated heterocycles. The van der Waals surface area contributed by atoms with E-state index in [9.17, 15) is 0 Å². The summed E-state index contributed by atoms with van der Waals surface area (Å²) in [7, 11) is 1.71. The highest BCUT2D eigenvalue weighted by molar-refractivity contribution is 5.77. The van der Waals surface area contributed by atoms with Gasteiger partial charge in [-0.15, -0.1) is 0 Å². The van der Waals surface area contributed by atoms with E-state index in [0.29, 0.717) is 0 Å². The molecular weight excluding hydrogens is 248 g/mol. The topological polar surface area (TPSA) is 24.5 Å². The van der Waals surface area contributed by atoms with Crippen molar-refractivity contribution in [3.05, 3.63) is 48.5 Å². The highest BCUT2D eigenvalue weighted by Gasteiger charge is 2.15. The molecule has 0 fully saturated rings. The number of nitrogens with zero attached hydrogens (tertiary/aromatic N) is 1. The maximum absolute atomic E-state index is 5.35. The normalized spacial score (nSPS) is 14.8. The first kappa shape index (κ1) is 12.9. The van der Waals surface area contributed by atoms with E-state index in [1.165, 1.54) is 29.9 Å². The molecule has 1 N–H and O–H groups in total. The average Bonchev–Trinajstić information content (AvgIpc) is 2.48. The summed E-state index contributed by atoms with van der Waals surface area (Å²) in [5, 5.41) is 3.52. The second-order valence-corrected chi connectivity index (χ2v) is 5.00. The summed E-state index contributed by atoms with van der Waals surface area (Å²) in [5.41, 5.74) is 3.62. The fraction of sp³-hybridized carbons (Fsp3) is 0.294. The molecule has 0 unspecified atom stereocenters. The molecule has 0 amide bonds. The van der Waals surface area contributed by atoms with Gasteiger partial charge in [-0.2, -0.15) is 0 Å². The Kier molecular flexibility index (Phi) is 3.77. The third-order valence-electron chi connectivity index (χ3n) is 3.68. The number of hydrogen-bond donors (Lipinski definition) is 1. The summed E-state index contributed by atoms with van der Waals surface area (Å²) in [6.07, 6.45) is 2.37. The number of rotatable bonds is 2. The Bertz CT molecular complexity index is 583. The van der Waals surface area contributed by atoms with Crippen LogP contribution in [-0.4, -0.2) is 20.2 Å². The van der Waals surface area contributed by atoms with Crippen LogP contribution in [0.3, 0.4) is 0 Å². The third-order valence-corrected chi connectivity index (χ3v) is 3.68. The van der Waals surface area contributed by atoms with Crippen LogP contribution in [0.5, 0.6) is 5.75 Å². The van der Waals surface area contributed by atoms with E-state index >= 15 is 0 Å². The number of fused-ring (bicyclic) bond motifs is 1. The fourth-order valence-electron chi connectivity index (χ4n) is 2.64. The third kappa shape index (κ3) is 2.57. The van der Waals surface area contributed by atoms with Crippen LogP contribution in [0.2, 0.25) is 0 Å². The van der Waals surface area contributed by atoms with Gasteiger partial charge in [-0.25, -0.2) is 0 Å². The number of hydrogen-bond acceptors (Lipinski definition) is 3. The first-order chi connectivity index (χ1) is 9.88. The van der Waals surface area contributed by atoms with Gasteiger partial charge in [0.2, 0.25) is 0 Å². The summed E-state index contributed by atoms with van der Waals surface area (Å²) in [4.78, 5) is 2.37. The molecule has 104 valence electrons. The molecule has 0 spiro atoms. The SMILES string of the molecule is COc1cccc(N2CCCCNc3ccccc32)c1. The summed E-state index contributed by atoms with van der Waals surface area (Å²) < 4.78 is 5.35. The van der Waals surface area contributed by atoms with Crippen molar-refractivity contribution >= 4 is 17.1 Å².